The van der Waals surface area contributed by atoms with Crippen LogP contribution in [0.1, 0.15) is 34.5 Å². The number of nitrogens with one attached hydrogen (secondary N) is 1. The molecule has 102 valence electrons. The molecule has 7 heteroatoms. The number of aliphatic hydroxyl groups is 1. The van der Waals surface area contributed by atoms with Gasteiger partial charge in [-0.15, -0.1) is 5.10 Å². The Kier molecular flexibility index (Phi) is 3.68. The van der Waals surface area contributed by atoms with E-state index in [1.54, 1.807) is 25.3 Å². The number of carbonyl (C=O) groups excluding carboxylic acids is 1. The van der Waals surface area contributed by atoms with E-state index in [0.29, 0.717) is 11.3 Å². The van der Waals surface area contributed by atoms with E-state index in [2.05, 4.69) is 14.9 Å². The summed E-state index contributed by atoms with van der Waals surface area (Å²) in [6.07, 6.45) is 0. The van der Waals surface area contributed by atoms with Gasteiger partial charge in [0.25, 0.3) is 5.91 Å². The molecule has 0 bridgehead atoms. The number of aromatic nitrogens is 2. The number of aryl methyl sites for hydroxylation is 2. The molecule has 0 saturated carbocycles. The summed E-state index contributed by atoms with van der Waals surface area (Å²) in [6, 6.07) is 1.77. The van der Waals surface area contributed by atoms with Gasteiger partial charge in [-0.1, -0.05) is 4.49 Å². The predicted molar refractivity (Wildman–Crippen MR) is 70.0 cm³/mol. The molecule has 1 amide bonds. The lowest BCUT2D eigenvalue weighted by Crippen LogP contribution is -2.38. The van der Waals surface area contributed by atoms with Crippen molar-refractivity contribution < 1.29 is 14.3 Å². The van der Waals surface area contributed by atoms with Gasteiger partial charge in [-0.3, -0.25) is 4.79 Å². The summed E-state index contributed by atoms with van der Waals surface area (Å²) in [5, 5.41) is 18.3. The summed E-state index contributed by atoms with van der Waals surface area (Å²) in [7, 11) is 0. The zero-order valence-electron chi connectivity index (χ0n) is 10.9. The van der Waals surface area contributed by atoms with Gasteiger partial charge in [-0.2, -0.15) is 0 Å². The SMILES string of the molecule is Cc1cc(C(C)(O)CNC(=O)c2csnn2)c(C)o1. The van der Waals surface area contributed by atoms with Crippen LogP contribution in [0.4, 0.5) is 0 Å². The number of amides is 1. The second kappa shape index (κ2) is 5.10. The van der Waals surface area contributed by atoms with Gasteiger partial charge in [0, 0.05) is 10.9 Å². The van der Waals surface area contributed by atoms with E-state index in [9.17, 15) is 9.90 Å². The van der Waals surface area contributed by atoms with Crippen LogP contribution >= 0.6 is 11.5 Å². The van der Waals surface area contributed by atoms with Gasteiger partial charge in [0.1, 0.15) is 17.1 Å². The van der Waals surface area contributed by atoms with Gasteiger partial charge in [0.2, 0.25) is 0 Å². The van der Waals surface area contributed by atoms with Gasteiger partial charge < -0.3 is 14.8 Å². The Balaban J connectivity index is 2.06. The maximum atomic E-state index is 11.7. The monoisotopic (exact) mass is 281 g/mol. The normalized spacial score (nSPS) is 14.1. The van der Waals surface area contributed by atoms with Crippen LogP contribution in [0.3, 0.4) is 0 Å². The number of hydrogen-bond donors (Lipinski definition) is 2. The lowest BCUT2D eigenvalue weighted by atomic mass is 9.96. The lowest BCUT2D eigenvalue weighted by Gasteiger charge is -2.23. The number of carbonyl (C=O) groups is 1. The first-order chi connectivity index (χ1) is 8.90. The van der Waals surface area contributed by atoms with Crippen molar-refractivity contribution in [3.05, 3.63) is 34.2 Å². The minimum atomic E-state index is -1.19. The van der Waals surface area contributed by atoms with Crippen molar-refractivity contribution in [1.82, 2.24) is 14.9 Å². The Morgan fingerprint density at radius 3 is 2.84 bits per heavy atom. The summed E-state index contributed by atoms with van der Waals surface area (Å²) in [5.74, 6) is 1.02. The van der Waals surface area contributed by atoms with E-state index in [4.69, 9.17) is 4.42 Å². The van der Waals surface area contributed by atoms with Gasteiger partial charge in [-0.05, 0) is 38.4 Å². The van der Waals surface area contributed by atoms with E-state index in [1.807, 2.05) is 6.92 Å². The standard InChI is InChI=1S/C12H15N3O3S/c1-7-4-9(8(2)18-7)12(3,17)6-13-11(16)10-5-19-15-14-10/h4-5,17H,6H2,1-3H3,(H,13,16). The highest BCUT2D eigenvalue weighted by molar-refractivity contribution is 7.03. The topological polar surface area (TPSA) is 88.2 Å². The van der Waals surface area contributed by atoms with E-state index in [-0.39, 0.29) is 18.1 Å². The van der Waals surface area contributed by atoms with Gasteiger partial charge in [0.15, 0.2) is 5.69 Å². The van der Waals surface area contributed by atoms with Crippen molar-refractivity contribution in [3.63, 3.8) is 0 Å². The maximum absolute atomic E-state index is 11.7. The number of furan rings is 1. The molecule has 1 atom stereocenters. The summed E-state index contributed by atoms with van der Waals surface area (Å²) in [4.78, 5) is 11.7. The summed E-state index contributed by atoms with van der Waals surface area (Å²) < 4.78 is 9.00. The fourth-order valence-electron chi connectivity index (χ4n) is 1.87. The van der Waals surface area contributed by atoms with E-state index in [1.165, 1.54) is 0 Å². The Labute approximate surface area is 114 Å². The zero-order chi connectivity index (χ0) is 14.0. The van der Waals surface area contributed by atoms with Crippen molar-refractivity contribution in [3.8, 4) is 0 Å². The molecule has 0 aliphatic heterocycles. The van der Waals surface area contributed by atoms with Crippen LogP contribution in [0.2, 0.25) is 0 Å². The van der Waals surface area contributed by atoms with Crippen LogP contribution in [0, 0.1) is 13.8 Å². The number of rotatable bonds is 4. The van der Waals surface area contributed by atoms with E-state index < -0.39 is 5.60 Å². The fraction of sp³-hybridized carbons (Fsp3) is 0.417. The van der Waals surface area contributed by atoms with Crippen molar-refractivity contribution in [2.75, 3.05) is 6.54 Å². The highest BCUT2D eigenvalue weighted by Gasteiger charge is 2.28. The highest BCUT2D eigenvalue weighted by Crippen LogP contribution is 2.26. The highest BCUT2D eigenvalue weighted by atomic mass is 32.1. The molecular formula is C12H15N3O3S. The maximum Gasteiger partial charge on any atom is 0.272 e. The van der Waals surface area contributed by atoms with E-state index >= 15 is 0 Å². The zero-order valence-corrected chi connectivity index (χ0v) is 11.7. The van der Waals surface area contributed by atoms with Crippen molar-refractivity contribution in [1.29, 1.82) is 0 Å². The van der Waals surface area contributed by atoms with Crippen molar-refractivity contribution >= 4 is 17.4 Å². The van der Waals surface area contributed by atoms with Crippen LogP contribution in [-0.2, 0) is 5.60 Å². The van der Waals surface area contributed by atoms with Crippen LogP contribution in [0.15, 0.2) is 15.9 Å². The Morgan fingerprint density at radius 1 is 1.58 bits per heavy atom. The second-order valence-electron chi connectivity index (χ2n) is 4.57. The third kappa shape index (κ3) is 2.99. The van der Waals surface area contributed by atoms with Crippen LogP contribution in [-0.4, -0.2) is 27.1 Å². The molecule has 2 N–H and O–H groups in total. The molecule has 2 aromatic rings. The average molecular weight is 281 g/mol. The van der Waals surface area contributed by atoms with Gasteiger partial charge >= 0.3 is 0 Å². The summed E-state index contributed by atoms with van der Waals surface area (Å²) in [6.45, 7) is 5.29. The van der Waals surface area contributed by atoms with Gasteiger partial charge in [-0.25, -0.2) is 0 Å². The number of hydrogen-bond acceptors (Lipinski definition) is 6. The quantitative estimate of drug-likeness (QED) is 0.884. The third-order valence-electron chi connectivity index (χ3n) is 2.81. The summed E-state index contributed by atoms with van der Waals surface area (Å²) in [5.41, 5.74) is -0.274. The van der Waals surface area contributed by atoms with Crippen LogP contribution in [0.5, 0.6) is 0 Å². The molecule has 0 saturated heterocycles. The Bertz CT molecular complexity index is 575. The smallest absolute Gasteiger partial charge is 0.272 e. The first kappa shape index (κ1) is 13.7. The molecule has 2 heterocycles. The molecule has 2 rings (SSSR count). The molecule has 0 aromatic carbocycles. The molecule has 19 heavy (non-hydrogen) atoms. The molecule has 6 nitrogen and oxygen atoms in total. The average Bonchev–Trinajstić information content (AvgIpc) is 2.96. The fourth-order valence-corrected chi connectivity index (χ4v) is 2.30. The molecule has 1 unspecified atom stereocenters. The van der Waals surface area contributed by atoms with Gasteiger partial charge in [0.05, 0.1) is 6.54 Å². The third-order valence-corrected chi connectivity index (χ3v) is 3.31. The minimum Gasteiger partial charge on any atom is -0.466 e. The molecule has 2 aromatic heterocycles. The minimum absolute atomic E-state index is 0.0726. The molecule has 0 spiro atoms. The number of nitrogens with zero attached hydrogens (tertiary/aromatic N) is 2. The molecule has 0 fully saturated rings. The lowest BCUT2D eigenvalue weighted by molar-refractivity contribution is 0.0512. The molecule has 0 aliphatic carbocycles. The second-order valence-corrected chi connectivity index (χ2v) is 5.18. The largest absolute Gasteiger partial charge is 0.466 e. The first-order valence-corrected chi connectivity index (χ1v) is 6.59. The Hall–Kier alpha value is -1.73. The van der Waals surface area contributed by atoms with Crippen LogP contribution < -0.4 is 5.32 Å². The van der Waals surface area contributed by atoms with Crippen molar-refractivity contribution in [2.45, 2.75) is 26.4 Å². The van der Waals surface area contributed by atoms with Crippen LogP contribution in [0.25, 0.3) is 0 Å². The molecule has 0 aliphatic rings. The first-order valence-electron chi connectivity index (χ1n) is 5.75. The van der Waals surface area contributed by atoms with E-state index in [0.717, 1.165) is 17.3 Å². The Morgan fingerprint density at radius 2 is 2.32 bits per heavy atom. The molecule has 0 radical (unpaired) electrons. The predicted octanol–water partition coefficient (Wildman–Crippen LogP) is 1.39. The summed E-state index contributed by atoms with van der Waals surface area (Å²) >= 11 is 1.10. The molecular weight excluding hydrogens is 266 g/mol. The van der Waals surface area contributed by atoms with Crippen molar-refractivity contribution in [2.24, 2.45) is 0 Å².